The van der Waals surface area contributed by atoms with Gasteiger partial charge in [-0.3, -0.25) is 4.68 Å². The van der Waals surface area contributed by atoms with Crippen LogP contribution in [0.25, 0.3) is 0 Å². The Labute approximate surface area is 132 Å². The first-order valence-electron chi connectivity index (χ1n) is 7.71. The topological polar surface area (TPSA) is 42.3 Å². The zero-order valence-corrected chi connectivity index (χ0v) is 14.3. The van der Waals surface area contributed by atoms with Gasteiger partial charge in [-0.1, -0.05) is 18.5 Å². The first-order valence-corrected chi connectivity index (χ1v) is 8.09. The Bertz CT molecular complexity index is 455. The van der Waals surface area contributed by atoms with Gasteiger partial charge in [-0.2, -0.15) is 5.10 Å². The van der Waals surface area contributed by atoms with E-state index >= 15 is 0 Å². The van der Waals surface area contributed by atoms with E-state index in [1.54, 1.807) is 6.20 Å². The molecule has 1 saturated heterocycles. The second-order valence-electron chi connectivity index (χ2n) is 6.16. The lowest BCUT2D eigenvalue weighted by atomic mass is 9.90. The molecule has 120 valence electrons. The first kappa shape index (κ1) is 16.7. The highest BCUT2D eigenvalue weighted by molar-refractivity contribution is 6.31. The van der Waals surface area contributed by atoms with Crippen molar-refractivity contribution in [1.82, 2.24) is 20.0 Å². The maximum Gasteiger partial charge on any atom is 0.0865 e. The molecule has 0 radical (unpaired) electrons. The van der Waals surface area contributed by atoms with Crippen molar-refractivity contribution >= 4 is 11.6 Å². The van der Waals surface area contributed by atoms with Gasteiger partial charge in [-0.05, 0) is 40.4 Å². The Morgan fingerprint density at radius 2 is 2.33 bits per heavy atom. The lowest BCUT2D eigenvalue weighted by molar-refractivity contribution is -0.0144. The monoisotopic (exact) mass is 314 g/mol. The van der Waals surface area contributed by atoms with Crippen molar-refractivity contribution in [1.29, 1.82) is 0 Å². The van der Waals surface area contributed by atoms with Gasteiger partial charge in [0.05, 0.1) is 35.1 Å². The number of nitrogens with one attached hydrogen (secondary N) is 1. The van der Waals surface area contributed by atoms with E-state index in [1.165, 1.54) is 0 Å². The summed E-state index contributed by atoms with van der Waals surface area (Å²) in [4.78, 5) is 2.15. The van der Waals surface area contributed by atoms with Gasteiger partial charge in [0.25, 0.3) is 0 Å². The molecule has 0 aliphatic carbocycles. The van der Waals surface area contributed by atoms with Gasteiger partial charge >= 0.3 is 0 Å². The molecule has 1 aromatic rings. The van der Waals surface area contributed by atoms with Gasteiger partial charge in [0, 0.05) is 13.2 Å². The number of ether oxygens (including phenoxy) is 1. The van der Waals surface area contributed by atoms with E-state index < -0.39 is 0 Å². The third-order valence-corrected chi connectivity index (χ3v) is 4.43. The summed E-state index contributed by atoms with van der Waals surface area (Å²) in [5, 5.41) is 8.73. The van der Waals surface area contributed by atoms with Crippen LogP contribution in [0.3, 0.4) is 0 Å². The molecule has 0 spiro atoms. The number of halogens is 1. The van der Waals surface area contributed by atoms with E-state index in [0.29, 0.717) is 0 Å². The summed E-state index contributed by atoms with van der Waals surface area (Å²) in [6.45, 7) is 7.74. The molecule has 1 aliphatic heterocycles. The molecule has 1 fully saturated rings. The highest BCUT2D eigenvalue weighted by Crippen LogP contribution is 2.39. The second-order valence-corrected chi connectivity index (χ2v) is 6.57. The molecule has 0 bridgehead atoms. The number of hydrogen-bond donors (Lipinski definition) is 1. The molecule has 5 nitrogen and oxygen atoms in total. The third-order valence-electron chi connectivity index (χ3n) is 4.13. The van der Waals surface area contributed by atoms with Crippen molar-refractivity contribution in [3.63, 3.8) is 0 Å². The molecule has 6 heteroatoms. The molecule has 2 atom stereocenters. The number of rotatable bonds is 7. The fourth-order valence-electron chi connectivity index (χ4n) is 2.97. The number of nitrogens with zero attached hydrogens (tertiary/aromatic N) is 3. The van der Waals surface area contributed by atoms with Crippen molar-refractivity contribution in [3.05, 3.63) is 16.9 Å². The molecule has 21 heavy (non-hydrogen) atoms. The van der Waals surface area contributed by atoms with Crippen molar-refractivity contribution in [2.45, 2.75) is 44.9 Å². The highest BCUT2D eigenvalue weighted by atomic mass is 35.5. The van der Waals surface area contributed by atoms with Crippen LogP contribution in [-0.4, -0.2) is 54.1 Å². The van der Waals surface area contributed by atoms with Crippen molar-refractivity contribution in [2.75, 3.05) is 33.8 Å². The Balaban J connectivity index is 2.29. The van der Waals surface area contributed by atoms with Crippen LogP contribution in [0.15, 0.2) is 6.20 Å². The van der Waals surface area contributed by atoms with Gasteiger partial charge in [-0.25, -0.2) is 0 Å². The normalized spacial score (nSPS) is 23.9. The van der Waals surface area contributed by atoms with Crippen LogP contribution in [0.1, 0.15) is 38.4 Å². The van der Waals surface area contributed by atoms with Gasteiger partial charge in [0.2, 0.25) is 0 Å². The fourth-order valence-corrected chi connectivity index (χ4v) is 3.22. The Kier molecular flexibility index (Phi) is 5.66. The summed E-state index contributed by atoms with van der Waals surface area (Å²) in [6.07, 6.45) is 3.89. The maximum atomic E-state index is 6.44. The molecule has 2 heterocycles. The van der Waals surface area contributed by atoms with Gasteiger partial charge < -0.3 is 15.0 Å². The van der Waals surface area contributed by atoms with Crippen LogP contribution in [0, 0.1) is 0 Å². The lowest BCUT2D eigenvalue weighted by Gasteiger charge is -2.34. The molecule has 0 amide bonds. The summed E-state index contributed by atoms with van der Waals surface area (Å²) in [6, 6.07) is 0.0714. The largest absolute Gasteiger partial charge is 0.373 e. The van der Waals surface area contributed by atoms with E-state index in [0.717, 1.165) is 49.8 Å². The van der Waals surface area contributed by atoms with Crippen LogP contribution in [0.5, 0.6) is 0 Å². The average Bonchev–Trinajstić information content (AvgIpc) is 3.01. The summed E-state index contributed by atoms with van der Waals surface area (Å²) >= 11 is 6.44. The van der Waals surface area contributed by atoms with Gasteiger partial charge in [0.15, 0.2) is 0 Å². The van der Waals surface area contributed by atoms with Crippen LogP contribution < -0.4 is 5.32 Å². The summed E-state index contributed by atoms with van der Waals surface area (Å²) in [5.41, 5.74) is 0.833. The summed E-state index contributed by atoms with van der Waals surface area (Å²) in [7, 11) is 4.13. The first-order chi connectivity index (χ1) is 9.98. The molecule has 2 unspecified atom stereocenters. The Hall–Kier alpha value is -0.620. The van der Waals surface area contributed by atoms with Gasteiger partial charge in [-0.15, -0.1) is 0 Å². The molecular weight excluding hydrogens is 288 g/mol. The van der Waals surface area contributed by atoms with E-state index in [1.807, 2.05) is 4.68 Å². The zero-order chi connectivity index (χ0) is 15.5. The van der Waals surface area contributed by atoms with Crippen LogP contribution >= 0.6 is 11.6 Å². The third kappa shape index (κ3) is 3.77. The fraction of sp³-hybridized carbons (Fsp3) is 0.800. The number of aromatic nitrogens is 2. The molecule has 1 N–H and O–H groups in total. The van der Waals surface area contributed by atoms with E-state index in [9.17, 15) is 0 Å². The highest BCUT2D eigenvalue weighted by Gasteiger charge is 2.41. The predicted molar refractivity (Wildman–Crippen MR) is 85.8 cm³/mol. The SMILES string of the molecule is CCNC(c1c(Cl)cnn1CCN(C)C)C1(C)CCCO1. The van der Waals surface area contributed by atoms with E-state index in [4.69, 9.17) is 16.3 Å². The van der Waals surface area contributed by atoms with E-state index in [2.05, 4.69) is 43.3 Å². The molecule has 1 aliphatic rings. The maximum absolute atomic E-state index is 6.44. The Morgan fingerprint density at radius 3 is 2.90 bits per heavy atom. The van der Waals surface area contributed by atoms with Gasteiger partial charge in [0.1, 0.15) is 0 Å². The minimum Gasteiger partial charge on any atom is -0.373 e. The molecule has 1 aromatic heterocycles. The quantitative estimate of drug-likeness (QED) is 0.838. The van der Waals surface area contributed by atoms with Crippen molar-refractivity contribution in [2.24, 2.45) is 0 Å². The molecular formula is C15H27ClN4O. The lowest BCUT2D eigenvalue weighted by Crippen LogP contribution is -2.42. The van der Waals surface area contributed by atoms with Crippen molar-refractivity contribution in [3.8, 4) is 0 Å². The standard InChI is InChI=1S/C15H27ClN4O/c1-5-17-14(15(2)7-6-10-21-15)13-12(16)11-18-20(13)9-8-19(3)4/h11,14,17H,5-10H2,1-4H3. The average molecular weight is 315 g/mol. The summed E-state index contributed by atoms with van der Waals surface area (Å²) < 4.78 is 8.06. The van der Waals surface area contributed by atoms with Crippen LogP contribution in [0.2, 0.25) is 5.02 Å². The zero-order valence-electron chi connectivity index (χ0n) is 13.5. The Morgan fingerprint density at radius 1 is 1.57 bits per heavy atom. The smallest absolute Gasteiger partial charge is 0.0865 e. The second kappa shape index (κ2) is 7.09. The molecule has 0 saturated carbocycles. The van der Waals surface area contributed by atoms with Crippen molar-refractivity contribution < 1.29 is 4.74 Å². The van der Waals surface area contributed by atoms with Crippen LogP contribution in [-0.2, 0) is 11.3 Å². The molecule has 0 aromatic carbocycles. The minimum absolute atomic E-state index is 0.0714. The number of hydrogen-bond acceptors (Lipinski definition) is 4. The van der Waals surface area contributed by atoms with E-state index in [-0.39, 0.29) is 11.6 Å². The van der Waals surface area contributed by atoms with Crippen LogP contribution in [0.4, 0.5) is 0 Å². The summed E-state index contributed by atoms with van der Waals surface area (Å²) in [5.74, 6) is 0. The number of likely N-dealkylation sites (N-methyl/N-ethyl adjacent to an activating group) is 2. The minimum atomic E-state index is -0.213. The predicted octanol–water partition coefficient (Wildman–Crippen LogP) is 2.32. The molecule has 2 rings (SSSR count).